The summed E-state index contributed by atoms with van der Waals surface area (Å²) in [6.45, 7) is 5.48. The van der Waals surface area contributed by atoms with Crippen LogP contribution in [0.4, 0.5) is 0 Å². The van der Waals surface area contributed by atoms with E-state index in [0.717, 1.165) is 19.4 Å². The van der Waals surface area contributed by atoms with Crippen LogP contribution in [0.1, 0.15) is 26.7 Å². The smallest absolute Gasteiger partial charge is 0.0784 e. The van der Waals surface area contributed by atoms with E-state index in [1.807, 2.05) is 13.8 Å². The zero-order chi connectivity index (χ0) is 8.97. The Kier molecular flexibility index (Phi) is 4.33. The standard InChI is InChI=1S/C9H17ClO2/c1-3-11-6-7(2)12-9-4-8(10)5-9/h7-9H,3-6H2,1-2H3. The van der Waals surface area contributed by atoms with Crippen molar-refractivity contribution in [3.8, 4) is 0 Å². The van der Waals surface area contributed by atoms with E-state index in [9.17, 15) is 0 Å². The van der Waals surface area contributed by atoms with Crippen LogP contribution in [-0.4, -0.2) is 30.8 Å². The molecule has 0 heterocycles. The summed E-state index contributed by atoms with van der Waals surface area (Å²) in [6.07, 6.45) is 2.58. The number of halogens is 1. The maximum atomic E-state index is 5.82. The molecule has 0 aliphatic heterocycles. The monoisotopic (exact) mass is 192 g/mol. The van der Waals surface area contributed by atoms with Gasteiger partial charge in [-0.15, -0.1) is 11.6 Å². The van der Waals surface area contributed by atoms with Crippen molar-refractivity contribution in [2.75, 3.05) is 13.2 Å². The summed E-state index contributed by atoms with van der Waals surface area (Å²) >= 11 is 5.82. The summed E-state index contributed by atoms with van der Waals surface area (Å²) < 4.78 is 10.9. The minimum Gasteiger partial charge on any atom is -0.379 e. The summed E-state index contributed by atoms with van der Waals surface area (Å²) in [7, 11) is 0. The normalized spacial score (nSPS) is 31.2. The molecule has 2 nitrogen and oxygen atoms in total. The molecule has 1 atom stereocenters. The summed E-state index contributed by atoms with van der Waals surface area (Å²) in [4.78, 5) is 0. The van der Waals surface area contributed by atoms with Crippen molar-refractivity contribution < 1.29 is 9.47 Å². The van der Waals surface area contributed by atoms with Gasteiger partial charge in [-0.05, 0) is 26.7 Å². The average molecular weight is 193 g/mol. The molecule has 72 valence electrons. The Hall–Kier alpha value is 0.210. The fourth-order valence-corrected chi connectivity index (χ4v) is 1.66. The number of ether oxygens (including phenoxy) is 2. The lowest BCUT2D eigenvalue weighted by Gasteiger charge is -2.33. The van der Waals surface area contributed by atoms with Crippen LogP contribution in [0, 0.1) is 0 Å². The van der Waals surface area contributed by atoms with Crippen LogP contribution >= 0.6 is 11.6 Å². The van der Waals surface area contributed by atoms with E-state index in [1.54, 1.807) is 0 Å². The zero-order valence-electron chi connectivity index (χ0n) is 7.75. The fourth-order valence-electron chi connectivity index (χ4n) is 1.26. The third-order valence-corrected chi connectivity index (χ3v) is 2.38. The molecule has 0 aromatic carbocycles. The van der Waals surface area contributed by atoms with Gasteiger partial charge in [0.2, 0.25) is 0 Å². The van der Waals surface area contributed by atoms with Gasteiger partial charge in [-0.3, -0.25) is 0 Å². The van der Waals surface area contributed by atoms with Crippen molar-refractivity contribution in [1.82, 2.24) is 0 Å². The summed E-state index contributed by atoms with van der Waals surface area (Å²) in [5.41, 5.74) is 0. The lowest BCUT2D eigenvalue weighted by Crippen LogP contribution is -2.35. The van der Waals surface area contributed by atoms with Gasteiger partial charge in [0, 0.05) is 12.0 Å². The van der Waals surface area contributed by atoms with Gasteiger partial charge in [-0.25, -0.2) is 0 Å². The second-order valence-corrected chi connectivity index (χ2v) is 3.91. The Bertz CT molecular complexity index is 124. The Morgan fingerprint density at radius 1 is 1.50 bits per heavy atom. The first-order chi connectivity index (χ1) is 5.72. The van der Waals surface area contributed by atoms with Crippen molar-refractivity contribution >= 4 is 11.6 Å². The molecule has 1 fully saturated rings. The Morgan fingerprint density at radius 2 is 2.17 bits per heavy atom. The van der Waals surface area contributed by atoms with Gasteiger partial charge in [0.05, 0.1) is 18.8 Å². The van der Waals surface area contributed by atoms with Crippen LogP contribution in [0.5, 0.6) is 0 Å². The molecule has 1 saturated carbocycles. The van der Waals surface area contributed by atoms with E-state index in [2.05, 4.69) is 0 Å². The molecule has 0 saturated heterocycles. The molecule has 1 aliphatic rings. The molecule has 12 heavy (non-hydrogen) atoms. The van der Waals surface area contributed by atoms with Gasteiger partial charge in [-0.1, -0.05) is 0 Å². The molecule has 1 aliphatic carbocycles. The van der Waals surface area contributed by atoms with E-state index in [1.165, 1.54) is 0 Å². The Balaban J connectivity index is 1.98. The van der Waals surface area contributed by atoms with Crippen LogP contribution in [0.2, 0.25) is 0 Å². The lowest BCUT2D eigenvalue weighted by molar-refractivity contribution is -0.0730. The highest BCUT2D eigenvalue weighted by atomic mass is 35.5. The molecule has 0 bridgehead atoms. The third kappa shape index (κ3) is 3.30. The largest absolute Gasteiger partial charge is 0.379 e. The SMILES string of the molecule is CCOCC(C)OC1CC(Cl)C1. The molecule has 0 amide bonds. The maximum Gasteiger partial charge on any atom is 0.0784 e. The van der Waals surface area contributed by atoms with E-state index < -0.39 is 0 Å². The number of hydrogen-bond acceptors (Lipinski definition) is 2. The minimum atomic E-state index is 0.208. The number of hydrogen-bond donors (Lipinski definition) is 0. The molecule has 0 spiro atoms. The molecule has 0 radical (unpaired) electrons. The first-order valence-corrected chi connectivity index (χ1v) is 5.03. The van der Waals surface area contributed by atoms with Gasteiger partial charge in [0.1, 0.15) is 0 Å². The lowest BCUT2D eigenvalue weighted by atomic mass is 9.95. The van der Waals surface area contributed by atoms with Crippen LogP contribution < -0.4 is 0 Å². The topological polar surface area (TPSA) is 18.5 Å². The highest BCUT2D eigenvalue weighted by Gasteiger charge is 2.29. The molecular formula is C9H17ClO2. The first-order valence-electron chi connectivity index (χ1n) is 4.59. The van der Waals surface area contributed by atoms with Crippen LogP contribution in [0.25, 0.3) is 0 Å². The van der Waals surface area contributed by atoms with Gasteiger partial charge >= 0.3 is 0 Å². The molecule has 0 N–H and O–H groups in total. The van der Waals surface area contributed by atoms with Crippen LogP contribution in [0.15, 0.2) is 0 Å². The molecule has 0 aromatic rings. The van der Waals surface area contributed by atoms with E-state index in [4.69, 9.17) is 21.1 Å². The van der Waals surface area contributed by atoms with E-state index in [0.29, 0.717) is 18.1 Å². The average Bonchev–Trinajstić information content (AvgIpc) is 1.98. The zero-order valence-corrected chi connectivity index (χ0v) is 8.51. The van der Waals surface area contributed by atoms with Crippen molar-refractivity contribution in [1.29, 1.82) is 0 Å². The molecule has 1 rings (SSSR count). The van der Waals surface area contributed by atoms with Crippen LogP contribution in [-0.2, 0) is 9.47 Å². The quantitative estimate of drug-likeness (QED) is 0.622. The molecular weight excluding hydrogens is 176 g/mol. The second kappa shape index (κ2) is 5.05. The van der Waals surface area contributed by atoms with Crippen molar-refractivity contribution in [3.63, 3.8) is 0 Å². The number of alkyl halides is 1. The molecule has 0 aromatic heterocycles. The third-order valence-electron chi connectivity index (χ3n) is 2.02. The number of rotatable bonds is 5. The first kappa shape index (κ1) is 10.3. The maximum absolute atomic E-state index is 5.82. The fraction of sp³-hybridized carbons (Fsp3) is 1.00. The highest BCUT2D eigenvalue weighted by molar-refractivity contribution is 6.21. The molecule has 1 unspecified atom stereocenters. The summed E-state index contributed by atoms with van der Waals surface area (Å²) in [6, 6.07) is 0. The molecule has 3 heteroatoms. The van der Waals surface area contributed by atoms with Gasteiger partial charge < -0.3 is 9.47 Å². The summed E-state index contributed by atoms with van der Waals surface area (Å²) in [5.74, 6) is 0. The highest BCUT2D eigenvalue weighted by Crippen LogP contribution is 2.28. The van der Waals surface area contributed by atoms with Gasteiger partial charge in [0.25, 0.3) is 0 Å². The van der Waals surface area contributed by atoms with Crippen LogP contribution in [0.3, 0.4) is 0 Å². The van der Waals surface area contributed by atoms with Crippen molar-refractivity contribution in [2.24, 2.45) is 0 Å². The van der Waals surface area contributed by atoms with Crippen molar-refractivity contribution in [3.05, 3.63) is 0 Å². The predicted octanol–water partition coefficient (Wildman–Crippen LogP) is 2.20. The van der Waals surface area contributed by atoms with Crippen molar-refractivity contribution in [2.45, 2.75) is 44.3 Å². The van der Waals surface area contributed by atoms with Gasteiger partial charge in [0.15, 0.2) is 0 Å². The Labute approximate surface area is 79.2 Å². The van der Waals surface area contributed by atoms with Gasteiger partial charge in [-0.2, -0.15) is 0 Å². The predicted molar refractivity (Wildman–Crippen MR) is 49.7 cm³/mol. The summed E-state index contributed by atoms with van der Waals surface area (Å²) in [5, 5.41) is 0.342. The Morgan fingerprint density at radius 3 is 2.67 bits per heavy atom. The van der Waals surface area contributed by atoms with E-state index >= 15 is 0 Å². The van der Waals surface area contributed by atoms with E-state index in [-0.39, 0.29) is 6.10 Å². The second-order valence-electron chi connectivity index (χ2n) is 3.30. The minimum absolute atomic E-state index is 0.208.